The van der Waals surface area contributed by atoms with Gasteiger partial charge >= 0.3 is 5.97 Å². The van der Waals surface area contributed by atoms with Crippen molar-refractivity contribution in [3.63, 3.8) is 0 Å². The standard InChI is InChI=1S/C23H21FN6O5/c1-13-23-15(16-7-19-14(6-17(16)24)8-27-30(19)12-31)4-3-5-18(23)29(28-13)11-21(33)25-9-20(32)26-10-22(34)35-2/h3-8,12H,9-11H2,1-2H3,(H,25,33)(H,26,32). The zero-order valence-electron chi connectivity index (χ0n) is 18.9. The summed E-state index contributed by atoms with van der Waals surface area (Å²) in [5.41, 5.74) is 2.44. The number of halogens is 1. The molecule has 2 amide bonds. The Bertz CT molecular complexity index is 1470. The summed E-state index contributed by atoms with van der Waals surface area (Å²) >= 11 is 0. The fourth-order valence-corrected chi connectivity index (χ4v) is 3.80. The molecule has 4 aromatic rings. The Kier molecular flexibility index (Phi) is 6.53. The van der Waals surface area contributed by atoms with Gasteiger partial charge in [-0.2, -0.15) is 10.2 Å². The molecule has 0 aliphatic rings. The van der Waals surface area contributed by atoms with Gasteiger partial charge < -0.3 is 15.4 Å². The van der Waals surface area contributed by atoms with Gasteiger partial charge in [-0.25, -0.2) is 9.07 Å². The Morgan fingerprint density at radius 1 is 1.09 bits per heavy atom. The van der Waals surface area contributed by atoms with Crippen molar-refractivity contribution >= 4 is 46.0 Å². The smallest absolute Gasteiger partial charge is 0.325 e. The Hall–Kier alpha value is -4.61. The molecule has 0 atom stereocenters. The lowest BCUT2D eigenvalue weighted by atomic mass is 9.98. The van der Waals surface area contributed by atoms with E-state index in [-0.39, 0.29) is 25.2 Å². The molecule has 0 aliphatic carbocycles. The number of ether oxygens (including phenoxy) is 1. The summed E-state index contributed by atoms with van der Waals surface area (Å²) in [4.78, 5) is 46.5. The number of carbonyl (C=O) groups excluding carboxylic acids is 4. The molecule has 0 saturated heterocycles. The van der Waals surface area contributed by atoms with E-state index >= 15 is 4.39 Å². The first-order valence-corrected chi connectivity index (χ1v) is 10.5. The Morgan fingerprint density at radius 2 is 1.86 bits per heavy atom. The summed E-state index contributed by atoms with van der Waals surface area (Å²) in [6, 6.07) is 8.07. The van der Waals surface area contributed by atoms with Crippen LogP contribution in [0.5, 0.6) is 0 Å². The minimum absolute atomic E-state index is 0.183. The van der Waals surface area contributed by atoms with Crippen LogP contribution in [0.15, 0.2) is 36.5 Å². The maximum atomic E-state index is 15.0. The van der Waals surface area contributed by atoms with Gasteiger partial charge in [-0.3, -0.25) is 23.9 Å². The minimum Gasteiger partial charge on any atom is -0.468 e. The van der Waals surface area contributed by atoms with Crippen LogP contribution in [0, 0.1) is 12.7 Å². The molecule has 35 heavy (non-hydrogen) atoms. The largest absolute Gasteiger partial charge is 0.468 e. The number of amides is 2. The van der Waals surface area contributed by atoms with Crippen LogP contribution in [0.4, 0.5) is 4.39 Å². The monoisotopic (exact) mass is 480 g/mol. The van der Waals surface area contributed by atoms with Gasteiger partial charge in [0.05, 0.1) is 36.6 Å². The molecule has 180 valence electrons. The molecule has 0 aliphatic heterocycles. The Morgan fingerprint density at radius 3 is 2.60 bits per heavy atom. The van der Waals surface area contributed by atoms with E-state index in [1.807, 2.05) is 0 Å². The average molecular weight is 480 g/mol. The van der Waals surface area contributed by atoms with E-state index in [0.29, 0.717) is 39.5 Å². The molecule has 2 N–H and O–H groups in total. The van der Waals surface area contributed by atoms with Gasteiger partial charge in [-0.15, -0.1) is 0 Å². The molecule has 0 spiro atoms. The highest BCUT2D eigenvalue weighted by atomic mass is 19.1. The fourth-order valence-electron chi connectivity index (χ4n) is 3.80. The van der Waals surface area contributed by atoms with Gasteiger partial charge in [0.1, 0.15) is 18.9 Å². The predicted octanol–water partition coefficient (Wildman–Crippen LogP) is 0.944. The second kappa shape index (κ2) is 9.71. The maximum Gasteiger partial charge on any atom is 0.325 e. The first-order chi connectivity index (χ1) is 16.8. The zero-order valence-corrected chi connectivity index (χ0v) is 18.9. The zero-order chi connectivity index (χ0) is 25.1. The summed E-state index contributed by atoms with van der Waals surface area (Å²) in [6.07, 6.45) is 1.96. The van der Waals surface area contributed by atoms with Crippen LogP contribution < -0.4 is 10.6 Å². The molecule has 0 bridgehead atoms. The second-order valence-corrected chi connectivity index (χ2v) is 7.66. The number of hydrogen-bond acceptors (Lipinski definition) is 7. The van der Waals surface area contributed by atoms with Crippen molar-refractivity contribution in [2.24, 2.45) is 0 Å². The lowest BCUT2D eigenvalue weighted by Crippen LogP contribution is -2.40. The van der Waals surface area contributed by atoms with E-state index in [1.54, 1.807) is 31.2 Å². The van der Waals surface area contributed by atoms with Crippen LogP contribution in [-0.2, 0) is 30.5 Å². The molecule has 12 heteroatoms. The van der Waals surface area contributed by atoms with Crippen molar-refractivity contribution in [1.29, 1.82) is 0 Å². The molecule has 2 heterocycles. The summed E-state index contributed by atoms with van der Waals surface area (Å²) in [6.45, 7) is 0.936. The number of carbonyl (C=O) groups is 4. The fraction of sp³-hybridized carbons (Fsp3) is 0.217. The van der Waals surface area contributed by atoms with Gasteiger partial charge in [0.2, 0.25) is 18.2 Å². The number of hydrogen-bond donors (Lipinski definition) is 2. The van der Waals surface area contributed by atoms with Crippen LogP contribution in [0.25, 0.3) is 32.9 Å². The molecule has 11 nitrogen and oxygen atoms in total. The van der Waals surface area contributed by atoms with Crippen LogP contribution in [-0.4, -0.2) is 64.0 Å². The number of rotatable bonds is 8. The highest BCUT2D eigenvalue weighted by molar-refractivity contribution is 6.00. The average Bonchev–Trinajstić information content (AvgIpc) is 3.40. The number of esters is 1. The van der Waals surface area contributed by atoms with E-state index in [4.69, 9.17) is 0 Å². The molecule has 2 aromatic carbocycles. The molecule has 0 fully saturated rings. The molecular formula is C23H21FN6O5. The van der Waals surface area contributed by atoms with E-state index in [9.17, 15) is 19.2 Å². The van der Waals surface area contributed by atoms with E-state index < -0.39 is 23.6 Å². The van der Waals surface area contributed by atoms with Crippen molar-refractivity contribution in [3.05, 3.63) is 48.0 Å². The number of methoxy groups -OCH3 is 1. The van der Waals surface area contributed by atoms with Crippen molar-refractivity contribution in [2.45, 2.75) is 13.5 Å². The molecule has 2 aromatic heterocycles. The summed E-state index contributed by atoms with van der Waals surface area (Å²) in [5.74, 6) is -2.12. The third kappa shape index (κ3) is 4.71. The van der Waals surface area contributed by atoms with E-state index in [2.05, 4.69) is 25.6 Å². The number of aryl methyl sites for hydroxylation is 1. The van der Waals surface area contributed by atoms with Gasteiger partial charge in [0, 0.05) is 16.3 Å². The van der Waals surface area contributed by atoms with Gasteiger partial charge in [-0.1, -0.05) is 12.1 Å². The highest BCUT2D eigenvalue weighted by Crippen LogP contribution is 2.34. The number of nitrogens with one attached hydrogen (secondary N) is 2. The van der Waals surface area contributed by atoms with Gasteiger partial charge in [0.25, 0.3) is 0 Å². The molecule has 4 rings (SSSR count). The number of fused-ring (bicyclic) bond motifs is 2. The van der Waals surface area contributed by atoms with Gasteiger partial charge in [0.15, 0.2) is 0 Å². The van der Waals surface area contributed by atoms with Crippen LogP contribution >= 0.6 is 0 Å². The third-order valence-corrected chi connectivity index (χ3v) is 5.42. The van der Waals surface area contributed by atoms with E-state index in [1.165, 1.54) is 24.1 Å². The number of nitrogens with zero attached hydrogens (tertiary/aromatic N) is 4. The Balaban J connectivity index is 1.58. The number of aromatic nitrogens is 4. The Labute approximate surface area is 197 Å². The summed E-state index contributed by atoms with van der Waals surface area (Å²) in [5, 5.41) is 14.3. The van der Waals surface area contributed by atoms with Crippen molar-refractivity contribution < 1.29 is 28.3 Å². The SMILES string of the molecule is COC(=O)CNC(=O)CNC(=O)Cn1nc(C)c2c(-c3cc4c(cnn4C=O)cc3F)cccc21. The minimum atomic E-state index is -0.606. The second-order valence-electron chi connectivity index (χ2n) is 7.66. The summed E-state index contributed by atoms with van der Waals surface area (Å²) < 4.78 is 22.0. The van der Waals surface area contributed by atoms with Crippen molar-refractivity contribution in [1.82, 2.24) is 30.2 Å². The summed E-state index contributed by atoms with van der Waals surface area (Å²) in [7, 11) is 1.20. The molecular weight excluding hydrogens is 459 g/mol. The molecule has 0 unspecified atom stereocenters. The third-order valence-electron chi connectivity index (χ3n) is 5.42. The van der Waals surface area contributed by atoms with Crippen molar-refractivity contribution in [3.8, 4) is 11.1 Å². The predicted molar refractivity (Wildman–Crippen MR) is 123 cm³/mol. The lowest BCUT2D eigenvalue weighted by Gasteiger charge is -2.09. The molecule has 0 saturated carbocycles. The van der Waals surface area contributed by atoms with Crippen LogP contribution in [0.1, 0.15) is 5.69 Å². The highest BCUT2D eigenvalue weighted by Gasteiger charge is 2.18. The normalized spacial score (nSPS) is 10.9. The van der Waals surface area contributed by atoms with Crippen LogP contribution in [0.3, 0.4) is 0 Å². The van der Waals surface area contributed by atoms with Crippen molar-refractivity contribution in [2.75, 3.05) is 20.2 Å². The lowest BCUT2D eigenvalue weighted by molar-refractivity contribution is -0.141. The van der Waals surface area contributed by atoms with Gasteiger partial charge in [-0.05, 0) is 30.7 Å². The van der Waals surface area contributed by atoms with E-state index in [0.717, 1.165) is 4.68 Å². The number of benzene rings is 2. The quantitative estimate of drug-likeness (QED) is 0.283. The molecule has 0 radical (unpaired) electrons. The first kappa shape index (κ1) is 23.5. The van der Waals surface area contributed by atoms with Crippen LogP contribution in [0.2, 0.25) is 0 Å². The first-order valence-electron chi connectivity index (χ1n) is 10.5. The topological polar surface area (TPSA) is 137 Å². The maximum absolute atomic E-state index is 15.0.